The molecule has 25 heavy (non-hydrogen) atoms. The quantitative estimate of drug-likeness (QED) is 0.236. The number of aliphatic hydroxyl groups is 1. The molecule has 2 unspecified atom stereocenters. The van der Waals surface area contributed by atoms with Crippen molar-refractivity contribution in [2.75, 3.05) is 0 Å². The molecule has 0 aromatic heterocycles. The Morgan fingerprint density at radius 1 is 0.720 bits per heavy atom. The van der Waals surface area contributed by atoms with Gasteiger partial charge in [-0.3, -0.25) is 0 Å². The van der Waals surface area contributed by atoms with E-state index in [1.165, 1.54) is 38.5 Å². The number of aliphatic hydroxyl groups excluding tert-OH is 1. The summed E-state index contributed by atoms with van der Waals surface area (Å²) >= 11 is 0. The van der Waals surface area contributed by atoms with Crippen molar-refractivity contribution in [3.05, 3.63) is 0 Å². The molecule has 2 atom stereocenters. The Labute approximate surface area is 178 Å². The van der Waals surface area contributed by atoms with Gasteiger partial charge >= 0.3 is 29.6 Å². The molecule has 0 spiro atoms. The Bertz CT molecular complexity index is 374. The summed E-state index contributed by atoms with van der Waals surface area (Å²) in [5.41, 5.74) is 0. The minimum absolute atomic E-state index is 0. The van der Waals surface area contributed by atoms with Crippen LogP contribution in [0.4, 0.5) is 0 Å². The predicted molar refractivity (Wildman–Crippen MR) is 100 cm³/mol. The van der Waals surface area contributed by atoms with Gasteiger partial charge in [0.05, 0.1) is 11.4 Å². The van der Waals surface area contributed by atoms with Crippen molar-refractivity contribution in [2.24, 2.45) is 0 Å². The average molecular weight is 387 g/mol. The molecule has 0 radical (unpaired) electrons. The van der Waals surface area contributed by atoms with Gasteiger partial charge < -0.3 is 9.66 Å². The molecule has 0 fully saturated rings. The van der Waals surface area contributed by atoms with Gasteiger partial charge in [-0.25, -0.2) is 8.42 Å². The third kappa shape index (κ3) is 16.7. The molecule has 0 saturated heterocycles. The normalized spacial score (nSPS) is 14.1. The maximum Gasteiger partial charge on any atom is 1.00 e. The minimum Gasteiger partial charge on any atom is -0.748 e. The van der Waals surface area contributed by atoms with Crippen LogP contribution < -0.4 is 29.6 Å². The summed E-state index contributed by atoms with van der Waals surface area (Å²) < 4.78 is 34.1. The smallest absolute Gasteiger partial charge is 0.748 e. The molecule has 146 valence electrons. The number of unbranched alkanes of at least 4 members (excludes halogenated alkanes) is 11. The first kappa shape index (κ1) is 28.1. The second-order valence-electron chi connectivity index (χ2n) is 7.07. The zero-order valence-electron chi connectivity index (χ0n) is 16.8. The largest absolute Gasteiger partial charge is 1.00 e. The van der Waals surface area contributed by atoms with E-state index >= 15 is 0 Å². The molecule has 0 heterocycles. The van der Waals surface area contributed by atoms with Crippen molar-refractivity contribution in [1.29, 1.82) is 0 Å². The Balaban J connectivity index is 0. The Morgan fingerprint density at radius 2 is 1.08 bits per heavy atom. The molecule has 0 aromatic carbocycles. The van der Waals surface area contributed by atoms with Gasteiger partial charge in [0.25, 0.3) is 0 Å². The van der Waals surface area contributed by atoms with Crippen LogP contribution in [0.3, 0.4) is 0 Å². The molecule has 0 aromatic rings. The van der Waals surface area contributed by atoms with Crippen LogP contribution in [0.5, 0.6) is 0 Å². The molecule has 6 heteroatoms. The summed E-state index contributed by atoms with van der Waals surface area (Å²) in [5.74, 6) is 0. The average Bonchev–Trinajstić information content (AvgIpc) is 2.51. The Morgan fingerprint density at radius 3 is 1.52 bits per heavy atom. The molecule has 4 nitrogen and oxygen atoms in total. The van der Waals surface area contributed by atoms with E-state index in [1.54, 1.807) is 0 Å². The van der Waals surface area contributed by atoms with Crippen LogP contribution in [-0.4, -0.2) is 29.4 Å². The second kappa shape index (κ2) is 18.2. The molecule has 0 aliphatic heterocycles. The summed E-state index contributed by atoms with van der Waals surface area (Å²) in [6.07, 6.45) is 14.1. The topological polar surface area (TPSA) is 77.4 Å². The molecule has 0 amide bonds. The minimum atomic E-state index is -4.41. The first-order valence-corrected chi connectivity index (χ1v) is 11.5. The summed E-state index contributed by atoms with van der Waals surface area (Å²) in [4.78, 5) is 0. The van der Waals surface area contributed by atoms with E-state index in [-0.39, 0.29) is 29.6 Å². The van der Waals surface area contributed by atoms with E-state index < -0.39 is 21.5 Å². The third-order valence-corrected chi connectivity index (χ3v) is 6.04. The standard InChI is InChI=1S/C19H40O4S.Na/c1-3-5-7-9-10-11-12-13-14-16-18(20)19(24(21,22)23)17-15-8-6-4-2;/h18-20H,3-17H2,1-2H3,(H,21,22,23);/q;+1/p-1. The van der Waals surface area contributed by atoms with Crippen LogP contribution in [0, 0.1) is 0 Å². The van der Waals surface area contributed by atoms with E-state index in [0.717, 1.165) is 38.5 Å². The van der Waals surface area contributed by atoms with Crippen molar-refractivity contribution in [2.45, 2.75) is 122 Å². The van der Waals surface area contributed by atoms with Gasteiger partial charge in [-0.05, 0) is 12.8 Å². The molecule has 0 rings (SSSR count). The fourth-order valence-electron chi connectivity index (χ4n) is 3.15. The van der Waals surface area contributed by atoms with Crippen molar-refractivity contribution in [3.63, 3.8) is 0 Å². The molecule has 0 saturated carbocycles. The van der Waals surface area contributed by atoms with Crippen LogP contribution in [0.25, 0.3) is 0 Å². The monoisotopic (exact) mass is 386 g/mol. The fraction of sp³-hybridized carbons (Fsp3) is 1.00. The molecule has 0 bridgehead atoms. The van der Waals surface area contributed by atoms with Gasteiger partial charge in [-0.15, -0.1) is 0 Å². The fourth-order valence-corrected chi connectivity index (χ4v) is 4.13. The first-order valence-electron chi connectivity index (χ1n) is 10.1. The Hall–Kier alpha value is 0.870. The molecule has 0 aliphatic carbocycles. The number of hydrogen-bond donors (Lipinski definition) is 1. The summed E-state index contributed by atoms with van der Waals surface area (Å²) in [6.45, 7) is 4.30. The maximum absolute atomic E-state index is 11.4. The predicted octanol–water partition coefficient (Wildman–Crippen LogP) is 2.16. The van der Waals surface area contributed by atoms with Crippen molar-refractivity contribution >= 4 is 10.1 Å². The van der Waals surface area contributed by atoms with E-state index in [4.69, 9.17) is 0 Å². The van der Waals surface area contributed by atoms with Gasteiger partial charge in [0.15, 0.2) is 0 Å². The van der Waals surface area contributed by atoms with Gasteiger partial charge in [-0.1, -0.05) is 97.3 Å². The van der Waals surface area contributed by atoms with Crippen molar-refractivity contribution in [1.82, 2.24) is 0 Å². The van der Waals surface area contributed by atoms with Gasteiger partial charge in [0, 0.05) is 0 Å². The summed E-state index contributed by atoms with van der Waals surface area (Å²) in [6, 6.07) is 0. The maximum atomic E-state index is 11.4. The van der Waals surface area contributed by atoms with Gasteiger partial charge in [0.1, 0.15) is 10.1 Å². The van der Waals surface area contributed by atoms with Gasteiger partial charge in [-0.2, -0.15) is 0 Å². The van der Waals surface area contributed by atoms with Crippen LogP contribution >= 0.6 is 0 Å². The van der Waals surface area contributed by atoms with Crippen LogP contribution in [0.1, 0.15) is 110 Å². The van der Waals surface area contributed by atoms with E-state index in [2.05, 4.69) is 13.8 Å². The zero-order chi connectivity index (χ0) is 18.3. The van der Waals surface area contributed by atoms with Crippen LogP contribution in [-0.2, 0) is 10.1 Å². The molecule has 1 N–H and O–H groups in total. The zero-order valence-corrected chi connectivity index (χ0v) is 19.7. The molecular formula is C19H39NaO4S. The van der Waals surface area contributed by atoms with E-state index in [0.29, 0.717) is 19.3 Å². The molecular weight excluding hydrogens is 347 g/mol. The summed E-state index contributed by atoms with van der Waals surface area (Å²) in [5, 5.41) is 9.00. The number of hydrogen-bond acceptors (Lipinski definition) is 4. The van der Waals surface area contributed by atoms with Crippen LogP contribution in [0.2, 0.25) is 0 Å². The van der Waals surface area contributed by atoms with Crippen molar-refractivity contribution in [3.8, 4) is 0 Å². The number of rotatable bonds is 17. The first-order chi connectivity index (χ1) is 11.4. The Kier molecular flexibility index (Phi) is 20.5. The van der Waals surface area contributed by atoms with Crippen molar-refractivity contribution < 1.29 is 47.6 Å². The van der Waals surface area contributed by atoms with Crippen LogP contribution in [0.15, 0.2) is 0 Å². The SMILES string of the molecule is CCCCCCCCCCCC(O)C(CCCCCC)S(=O)(=O)[O-].[Na+]. The summed E-state index contributed by atoms with van der Waals surface area (Å²) in [7, 11) is -4.41. The van der Waals surface area contributed by atoms with Gasteiger partial charge in [0.2, 0.25) is 0 Å². The molecule has 0 aliphatic rings. The van der Waals surface area contributed by atoms with E-state index in [9.17, 15) is 18.1 Å². The second-order valence-corrected chi connectivity index (χ2v) is 8.66. The van der Waals surface area contributed by atoms with E-state index in [1.807, 2.05) is 0 Å². The third-order valence-electron chi connectivity index (χ3n) is 4.75.